The van der Waals surface area contributed by atoms with E-state index in [2.05, 4.69) is 6.92 Å². The molecule has 5 nitrogen and oxygen atoms in total. The largest absolute Gasteiger partial charge is 0.457 e. The van der Waals surface area contributed by atoms with Crippen molar-refractivity contribution >= 4 is 23.3 Å². The van der Waals surface area contributed by atoms with E-state index in [0.29, 0.717) is 5.56 Å². The van der Waals surface area contributed by atoms with E-state index in [9.17, 15) is 14.4 Å². The van der Waals surface area contributed by atoms with E-state index in [1.807, 2.05) is 66.7 Å². The van der Waals surface area contributed by atoms with Crippen molar-refractivity contribution in [1.82, 2.24) is 0 Å². The number of hydrogen-bond acceptors (Lipinski definition) is 4. The molecule has 0 N–H and O–H groups in total. The van der Waals surface area contributed by atoms with Crippen molar-refractivity contribution < 1.29 is 19.1 Å². The van der Waals surface area contributed by atoms with Crippen molar-refractivity contribution in [2.24, 2.45) is 5.92 Å². The summed E-state index contributed by atoms with van der Waals surface area (Å²) in [6.07, 6.45) is 1.01. The fourth-order valence-electron chi connectivity index (χ4n) is 3.84. The van der Waals surface area contributed by atoms with Crippen LogP contribution in [0.1, 0.15) is 29.3 Å². The molecular weight excluding hydrogens is 402 g/mol. The van der Waals surface area contributed by atoms with Gasteiger partial charge in [-0.3, -0.25) is 14.4 Å². The highest BCUT2D eigenvalue weighted by atomic mass is 16.5. The highest BCUT2D eigenvalue weighted by Crippen LogP contribution is 2.26. The fraction of sp³-hybridized carbons (Fsp3) is 0.222. The minimum atomic E-state index is -0.568. The molecule has 0 unspecified atom stereocenters. The van der Waals surface area contributed by atoms with Crippen LogP contribution in [0.4, 0.5) is 5.69 Å². The minimum Gasteiger partial charge on any atom is -0.457 e. The molecule has 3 aromatic carbocycles. The normalized spacial score (nSPS) is 15.6. The lowest BCUT2D eigenvalue weighted by molar-refractivity contribution is -0.147. The summed E-state index contributed by atoms with van der Waals surface area (Å²) in [5, 5.41) is 0. The first kappa shape index (κ1) is 21.5. The van der Waals surface area contributed by atoms with Gasteiger partial charge in [0.15, 0.2) is 12.4 Å². The number of ketones is 1. The van der Waals surface area contributed by atoms with E-state index in [1.54, 1.807) is 17.0 Å². The first-order chi connectivity index (χ1) is 15.5. The molecule has 0 bridgehead atoms. The summed E-state index contributed by atoms with van der Waals surface area (Å²) in [5.74, 6) is -1.46. The summed E-state index contributed by atoms with van der Waals surface area (Å²) in [7, 11) is 0. The highest BCUT2D eigenvalue weighted by Gasteiger charge is 2.36. The number of ether oxygens (including phenoxy) is 1. The third kappa shape index (κ3) is 4.78. The maximum Gasteiger partial charge on any atom is 0.311 e. The molecule has 0 radical (unpaired) electrons. The van der Waals surface area contributed by atoms with Gasteiger partial charge in [-0.1, -0.05) is 73.7 Å². The molecule has 5 heteroatoms. The van der Waals surface area contributed by atoms with Gasteiger partial charge >= 0.3 is 5.97 Å². The van der Waals surface area contributed by atoms with Crippen LogP contribution < -0.4 is 4.90 Å². The smallest absolute Gasteiger partial charge is 0.311 e. The quantitative estimate of drug-likeness (QED) is 0.405. The van der Waals surface area contributed by atoms with Gasteiger partial charge in [0, 0.05) is 24.2 Å². The van der Waals surface area contributed by atoms with Crippen molar-refractivity contribution in [3.63, 3.8) is 0 Å². The van der Waals surface area contributed by atoms with E-state index >= 15 is 0 Å². The van der Waals surface area contributed by atoms with Crippen LogP contribution in [0.15, 0.2) is 78.9 Å². The van der Waals surface area contributed by atoms with Gasteiger partial charge in [0.1, 0.15) is 0 Å². The van der Waals surface area contributed by atoms with Crippen LogP contribution in [0.5, 0.6) is 0 Å². The van der Waals surface area contributed by atoms with Gasteiger partial charge in [-0.15, -0.1) is 0 Å². The van der Waals surface area contributed by atoms with Crippen molar-refractivity contribution in [3.8, 4) is 11.1 Å². The van der Waals surface area contributed by atoms with Crippen LogP contribution in [0.25, 0.3) is 11.1 Å². The number of carbonyl (C=O) groups excluding carboxylic acids is 3. The summed E-state index contributed by atoms with van der Waals surface area (Å²) in [6, 6.07) is 24.9. The van der Waals surface area contributed by atoms with Gasteiger partial charge in [-0.25, -0.2) is 0 Å². The van der Waals surface area contributed by atoms with Crippen molar-refractivity contribution in [2.45, 2.75) is 19.8 Å². The summed E-state index contributed by atoms with van der Waals surface area (Å²) < 4.78 is 5.26. The van der Waals surface area contributed by atoms with Crippen molar-refractivity contribution in [3.05, 3.63) is 90.0 Å². The number of amides is 1. The molecule has 1 aliphatic rings. The predicted molar refractivity (Wildman–Crippen MR) is 123 cm³/mol. The molecule has 4 rings (SSSR count). The lowest BCUT2D eigenvalue weighted by atomic mass is 10.0. The van der Waals surface area contributed by atoms with Crippen molar-refractivity contribution in [1.29, 1.82) is 0 Å². The molecule has 0 aliphatic carbocycles. The second-order valence-electron chi connectivity index (χ2n) is 7.90. The fourth-order valence-corrected chi connectivity index (χ4v) is 3.84. The van der Waals surface area contributed by atoms with Crippen LogP contribution in [-0.4, -0.2) is 30.8 Å². The number of anilines is 1. The molecule has 0 spiro atoms. The molecule has 1 atom stereocenters. The summed E-state index contributed by atoms with van der Waals surface area (Å²) in [6.45, 7) is 2.00. The van der Waals surface area contributed by atoms with E-state index in [4.69, 9.17) is 4.74 Å². The molecule has 162 valence electrons. The Morgan fingerprint density at radius 3 is 2.22 bits per heavy atom. The van der Waals surface area contributed by atoms with Crippen LogP contribution >= 0.6 is 0 Å². The topological polar surface area (TPSA) is 63.7 Å². The van der Waals surface area contributed by atoms with Gasteiger partial charge in [-0.05, 0) is 35.2 Å². The van der Waals surface area contributed by atoms with E-state index in [0.717, 1.165) is 23.2 Å². The monoisotopic (exact) mass is 427 g/mol. The average Bonchev–Trinajstić information content (AvgIpc) is 3.24. The van der Waals surface area contributed by atoms with Crippen LogP contribution in [0, 0.1) is 5.92 Å². The SMILES string of the molecule is CCc1ccc(N2C[C@@H](C(=O)OCC(=O)c3ccc(-c4ccccc4)cc3)CC2=O)cc1. The number of nitrogens with zero attached hydrogens (tertiary/aromatic N) is 1. The first-order valence-electron chi connectivity index (χ1n) is 10.8. The zero-order valence-electron chi connectivity index (χ0n) is 18.0. The molecule has 0 saturated carbocycles. The number of Topliss-reactive ketones (excluding diaryl/α,β-unsaturated/α-hetero) is 1. The maximum atomic E-state index is 12.5. The highest BCUT2D eigenvalue weighted by molar-refractivity contribution is 6.01. The molecule has 32 heavy (non-hydrogen) atoms. The van der Waals surface area contributed by atoms with Crippen molar-refractivity contribution in [2.75, 3.05) is 18.1 Å². The van der Waals surface area contributed by atoms with Gasteiger partial charge in [-0.2, -0.15) is 0 Å². The second kappa shape index (κ2) is 9.60. The molecule has 1 fully saturated rings. The zero-order chi connectivity index (χ0) is 22.5. The van der Waals surface area contributed by atoms with Gasteiger partial charge in [0.05, 0.1) is 5.92 Å². The van der Waals surface area contributed by atoms with Gasteiger partial charge in [0.2, 0.25) is 5.91 Å². The number of carbonyl (C=O) groups is 3. The number of aryl methyl sites for hydroxylation is 1. The lowest BCUT2D eigenvalue weighted by Gasteiger charge is -2.17. The van der Waals surface area contributed by atoms with Crippen LogP contribution in [0.3, 0.4) is 0 Å². The van der Waals surface area contributed by atoms with E-state index in [1.165, 1.54) is 5.56 Å². The summed E-state index contributed by atoms with van der Waals surface area (Å²) in [4.78, 5) is 39.0. The Balaban J connectivity index is 1.32. The number of benzene rings is 3. The molecule has 1 saturated heterocycles. The zero-order valence-corrected chi connectivity index (χ0v) is 18.0. The van der Waals surface area contributed by atoms with E-state index < -0.39 is 11.9 Å². The summed E-state index contributed by atoms with van der Waals surface area (Å²) >= 11 is 0. The number of hydrogen-bond donors (Lipinski definition) is 0. The molecule has 0 aromatic heterocycles. The van der Waals surface area contributed by atoms with E-state index in [-0.39, 0.29) is 31.3 Å². The molecule has 1 heterocycles. The Morgan fingerprint density at radius 1 is 0.906 bits per heavy atom. The molecule has 1 aliphatic heterocycles. The standard InChI is InChI=1S/C27H25NO4/c1-2-19-8-14-24(15-9-19)28-17-23(16-26(28)30)27(31)32-18-25(29)22-12-10-21(11-13-22)20-6-4-3-5-7-20/h3-15,23H,2,16-18H2,1H3/t23-/m0/s1. The summed E-state index contributed by atoms with van der Waals surface area (Å²) in [5.41, 5.74) is 4.52. The van der Waals surface area contributed by atoms with Gasteiger partial charge < -0.3 is 9.64 Å². The first-order valence-corrected chi connectivity index (χ1v) is 10.8. The Bertz CT molecular complexity index is 1100. The predicted octanol–water partition coefficient (Wildman–Crippen LogP) is 4.70. The number of esters is 1. The minimum absolute atomic E-state index is 0.0916. The third-order valence-corrected chi connectivity index (χ3v) is 5.77. The molecular formula is C27H25NO4. The Morgan fingerprint density at radius 2 is 1.56 bits per heavy atom. The van der Waals surface area contributed by atoms with Crippen LogP contribution in [-0.2, 0) is 20.7 Å². The molecule has 1 amide bonds. The second-order valence-corrected chi connectivity index (χ2v) is 7.90. The third-order valence-electron chi connectivity index (χ3n) is 5.77. The van der Waals surface area contributed by atoms with Crippen LogP contribution in [0.2, 0.25) is 0 Å². The number of rotatable bonds is 7. The maximum absolute atomic E-state index is 12.5. The Kier molecular flexibility index (Phi) is 6.45. The lowest BCUT2D eigenvalue weighted by Crippen LogP contribution is -2.27. The molecule has 3 aromatic rings. The van der Waals surface area contributed by atoms with Gasteiger partial charge in [0.25, 0.3) is 0 Å². The Labute approximate surface area is 187 Å². The Hall–Kier alpha value is -3.73. The average molecular weight is 428 g/mol.